The van der Waals surface area contributed by atoms with E-state index in [0.29, 0.717) is 6.54 Å². The average molecular weight is 269 g/mol. The van der Waals surface area contributed by atoms with Gasteiger partial charge in [-0.1, -0.05) is 34.1 Å². The molecule has 1 aromatic rings. The van der Waals surface area contributed by atoms with Crippen molar-refractivity contribution >= 4 is 11.3 Å². The Morgan fingerprint density at radius 3 is 2.39 bits per heavy atom. The van der Waals surface area contributed by atoms with Crippen molar-refractivity contribution in [2.45, 2.75) is 65.0 Å². The van der Waals surface area contributed by atoms with Crippen LogP contribution in [0.3, 0.4) is 0 Å². The molecule has 0 fully saturated rings. The first-order valence-electron chi connectivity index (χ1n) is 6.77. The van der Waals surface area contributed by atoms with Gasteiger partial charge in [-0.05, 0) is 30.9 Å². The predicted octanol–water partition coefficient (Wildman–Crippen LogP) is 3.69. The normalized spacial score (nSPS) is 15.7. The van der Waals surface area contributed by atoms with Gasteiger partial charge in [0.1, 0.15) is 0 Å². The quantitative estimate of drug-likeness (QED) is 0.825. The summed E-state index contributed by atoms with van der Waals surface area (Å²) in [5.74, 6) is 0. The summed E-state index contributed by atoms with van der Waals surface area (Å²) in [6, 6.07) is 4.40. The Labute approximate surface area is 115 Å². The Kier molecular flexibility index (Phi) is 5.38. The summed E-state index contributed by atoms with van der Waals surface area (Å²) in [6.07, 6.45) is 1.86. The highest BCUT2D eigenvalue weighted by Crippen LogP contribution is 2.29. The maximum atomic E-state index is 10.1. The molecule has 0 radical (unpaired) electrons. The first-order valence-corrected chi connectivity index (χ1v) is 7.58. The number of hydrogen-bond donors (Lipinski definition) is 2. The van der Waals surface area contributed by atoms with E-state index in [1.165, 1.54) is 9.75 Å². The van der Waals surface area contributed by atoms with Crippen LogP contribution in [0.2, 0.25) is 0 Å². The molecule has 3 heteroatoms. The van der Waals surface area contributed by atoms with Crippen molar-refractivity contribution < 1.29 is 5.11 Å². The Morgan fingerprint density at radius 2 is 1.89 bits per heavy atom. The summed E-state index contributed by atoms with van der Waals surface area (Å²) in [7, 11) is 0. The molecular formula is C15H27NOS. The van der Waals surface area contributed by atoms with E-state index in [2.05, 4.69) is 45.1 Å². The summed E-state index contributed by atoms with van der Waals surface area (Å²) in [5, 5.41) is 13.4. The van der Waals surface area contributed by atoms with E-state index in [0.717, 1.165) is 19.4 Å². The maximum absolute atomic E-state index is 10.1. The van der Waals surface area contributed by atoms with E-state index >= 15 is 0 Å². The highest BCUT2D eigenvalue weighted by atomic mass is 32.1. The molecule has 0 bridgehead atoms. The fourth-order valence-corrected chi connectivity index (χ4v) is 2.99. The molecule has 0 saturated carbocycles. The van der Waals surface area contributed by atoms with E-state index in [-0.39, 0.29) is 5.41 Å². The molecule has 0 amide bonds. The third-order valence-corrected chi connectivity index (χ3v) is 4.51. The van der Waals surface area contributed by atoms with E-state index in [9.17, 15) is 5.11 Å². The Morgan fingerprint density at radius 1 is 1.22 bits per heavy atom. The number of nitrogens with one attached hydrogen (secondary N) is 1. The van der Waals surface area contributed by atoms with Crippen LogP contribution >= 0.6 is 11.3 Å². The molecule has 0 aliphatic carbocycles. The number of aliphatic hydroxyl groups is 1. The molecule has 1 aromatic heterocycles. The molecule has 2 N–H and O–H groups in total. The largest absolute Gasteiger partial charge is 0.389 e. The molecule has 1 heterocycles. The smallest absolute Gasteiger partial charge is 0.0743 e. The van der Waals surface area contributed by atoms with Gasteiger partial charge in [0.25, 0.3) is 0 Å². The van der Waals surface area contributed by atoms with Gasteiger partial charge in [0, 0.05) is 22.8 Å². The van der Waals surface area contributed by atoms with Crippen LogP contribution in [0.15, 0.2) is 12.1 Å². The van der Waals surface area contributed by atoms with Crippen LogP contribution in [0.4, 0.5) is 0 Å². The van der Waals surface area contributed by atoms with E-state index in [4.69, 9.17) is 0 Å². The van der Waals surface area contributed by atoms with E-state index in [1.54, 1.807) is 0 Å². The second-order valence-electron chi connectivity index (χ2n) is 6.37. The second kappa shape index (κ2) is 6.18. The van der Waals surface area contributed by atoms with Crippen LogP contribution in [0.25, 0.3) is 0 Å². The molecule has 1 rings (SSSR count). The zero-order chi connectivity index (χ0) is 13.8. The molecular weight excluding hydrogens is 242 g/mol. The van der Waals surface area contributed by atoms with Crippen LogP contribution in [-0.2, 0) is 12.0 Å². The first-order chi connectivity index (χ1) is 8.24. The van der Waals surface area contributed by atoms with Crippen molar-refractivity contribution in [2.24, 2.45) is 0 Å². The minimum absolute atomic E-state index is 0.233. The number of thiophene rings is 1. The predicted molar refractivity (Wildman–Crippen MR) is 80.3 cm³/mol. The minimum Gasteiger partial charge on any atom is -0.389 e. The van der Waals surface area contributed by atoms with Crippen molar-refractivity contribution in [1.82, 2.24) is 5.32 Å². The SMILES string of the molecule is CCCC(C)(O)CNCc1ccc(C(C)(C)C)s1. The summed E-state index contributed by atoms with van der Waals surface area (Å²) in [6.45, 7) is 12.2. The highest BCUT2D eigenvalue weighted by molar-refractivity contribution is 7.12. The van der Waals surface area contributed by atoms with Gasteiger partial charge in [-0.2, -0.15) is 0 Å². The molecule has 18 heavy (non-hydrogen) atoms. The highest BCUT2D eigenvalue weighted by Gasteiger charge is 2.19. The molecule has 0 spiro atoms. The third kappa shape index (κ3) is 5.09. The number of rotatable bonds is 6. The van der Waals surface area contributed by atoms with Crippen LogP contribution < -0.4 is 5.32 Å². The third-order valence-electron chi connectivity index (χ3n) is 2.99. The summed E-state index contributed by atoms with van der Waals surface area (Å²) in [5.41, 5.74) is -0.352. The lowest BCUT2D eigenvalue weighted by atomic mass is 9.95. The molecule has 0 aliphatic rings. The summed E-state index contributed by atoms with van der Waals surface area (Å²) in [4.78, 5) is 2.76. The van der Waals surface area contributed by atoms with Crippen molar-refractivity contribution in [3.63, 3.8) is 0 Å². The van der Waals surface area contributed by atoms with Gasteiger partial charge in [0.15, 0.2) is 0 Å². The lowest BCUT2D eigenvalue weighted by molar-refractivity contribution is 0.0498. The van der Waals surface area contributed by atoms with Crippen molar-refractivity contribution in [1.29, 1.82) is 0 Å². The second-order valence-corrected chi connectivity index (χ2v) is 7.53. The maximum Gasteiger partial charge on any atom is 0.0743 e. The van der Waals surface area contributed by atoms with Crippen molar-refractivity contribution in [2.75, 3.05) is 6.54 Å². The summed E-state index contributed by atoms with van der Waals surface area (Å²) < 4.78 is 0. The van der Waals surface area contributed by atoms with Gasteiger partial charge >= 0.3 is 0 Å². The first kappa shape index (κ1) is 15.7. The Bertz CT molecular complexity index is 363. The zero-order valence-electron chi connectivity index (χ0n) is 12.3. The molecule has 0 aromatic carbocycles. The van der Waals surface area contributed by atoms with Gasteiger partial charge in [-0.25, -0.2) is 0 Å². The lowest BCUT2D eigenvalue weighted by Gasteiger charge is -2.22. The summed E-state index contributed by atoms with van der Waals surface area (Å²) >= 11 is 1.86. The number of hydrogen-bond acceptors (Lipinski definition) is 3. The van der Waals surface area contributed by atoms with E-state index < -0.39 is 5.60 Å². The fraction of sp³-hybridized carbons (Fsp3) is 0.733. The average Bonchev–Trinajstić information content (AvgIpc) is 2.65. The van der Waals surface area contributed by atoms with Crippen molar-refractivity contribution in [3.8, 4) is 0 Å². The van der Waals surface area contributed by atoms with Crippen molar-refractivity contribution in [3.05, 3.63) is 21.9 Å². The topological polar surface area (TPSA) is 32.3 Å². The fourth-order valence-electron chi connectivity index (χ4n) is 1.96. The van der Waals surface area contributed by atoms with Crippen LogP contribution in [-0.4, -0.2) is 17.3 Å². The standard InChI is InChI=1S/C15H27NOS/c1-6-9-15(5,17)11-16-10-12-7-8-13(18-12)14(2,3)4/h7-8,16-17H,6,9-11H2,1-5H3. The zero-order valence-corrected chi connectivity index (χ0v) is 13.2. The molecule has 104 valence electrons. The monoisotopic (exact) mass is 269 g/mol. The van der Waals surface area contributed by atoms with E-state index in [1.807, 2.05) is 18.3 Å². The molecule has 0 saturated heterocycles. The molecule has 2 nitrogen and oxygen atoms in total. The minimum atomic E-state index is -0.584. The molecule has 1 atom stereocenters. The van der Waals surface area contributed by atoms with Gasteiger partial charge in [0.2, 0.25) is 0 Å². The lowest BCUT2D eigenvalue weighted by Crippen LogP contribution is -2.37. The molecule has 0 aliphatic heterocycles. The van der Waals surface area contributed by atoms with Crippen LogP contribution in [0.5, 0.6) is 0 Å². The van der Waals surface area contributed by atoms with Crippen LogP contribution in [0, 0.1) is 0 Å². The van der Waals surface area contributed by atoms with Gasteiger partial charge in [-0.3, -0.25) is 0 Å². The Hall–Kier alpha value is -0.380. The molecule has 1 unspecified atom stereocenters. The van der Waals surface area contributed by atoms with Gasteiger partial charge in [0.05, 0.1) is 5.60 Å². The van der Waals surface area contributed by atoms with Crippen LogP contribution in [0.1, 0.15) is 57.2 Å². The Balaban J connectivity index is 2.43. The van der Waals surface area contributed by atoms with Gasteiger partial charge in [-0.15, -0.1) is 11.3 Å². The van der Waals surface area contributed by atoms with Gasteiger partial charge < -0.3 is 10.4 Å².